The maximum atomic E-state index is 12.1. The lowest BCUT2D eigenvalue weighted by Gasteiger charge is -2.23. The van der Waals surface area contributed by atoms with Crippen LogP contribution in [0, 0.1) is 0 Å². The SMILES string of the molecule is CC(NC(=O)CC1CSCCN1)c1nc(Cc2ccccc2)no1. The highest BCUT2D eigenvalue weighted by Crippen LogP contribution is 2.14. The molecule has 0 aliphatic carbocycles. The van der Waals surface area contributed by atoms with Crippen molar-refractivity contribution in [3.8, 4) is 0 Å². The highest BCUT2D eigenvalue weighted by Gasteiger charge is 2.20. The summed E-state index contributed by atoms with van der Waals surface area (Å²) < 4.78 is 5.29. The first-order valence-electron chi connectivity index (χ1n) is 8.17. The third-order valence-corrected chi connectivity index (χ3v) is 5.00. The van der Waals surface area contributed by atoms with Crippen molar-refractivity contribution < 1.29 is 9.32 Å². The quantitative estimate of drug-likeness (QED) is 0.832. The molecule has 2 atom stereocenters. The summed E-state index contributed by atoms with van der Waals surface area (Å²) in [5, 5.41) is 10.3. The van der Waals surface area contributed by atoms with Crippen molar-refractivity contribution in [2.45, 2.75) is 31.8 Å². The van der Waals surface area contributed by atoms with Crippen LogP contribution >= 0.6 is 11.8 Å². The van der Waals surface area contributed by atoms with Crippen LogP contribution in [0.2, 0.25) is 0 Å². The number of rotatable bonds is 6. The summed E-state index contributed by atoms with van der Waals surface area (Å²) in [7, 11) is 0. The van der Waals surface area contributed by atoms with E-state index < -0.39 is 0 Å². The molecule has 1 aliphatic rings. The zero-order valence-electron chi connectivity index (χ0n) is 13.7. The van der Waals surface area contributed by atoms with Crippen LogP contribution in [0.15, 0.2) is 34.9 Å². The molecule has 2 N–H and O–H groups in total. The van der Waals surface area contributed by atoms with Gasteiger partial charge in [0.1, 0.15) is 6.04 Å². The van der Waals surface area contributed by atoms with Gasteiger partial charge in [-0.05, 0) is 12.5 Å². The normalized spacial score (nSPS) is 19.0. The number of amides is 1. The molecule has 1 saturated heterocycles. The maximum absolute atomic E-state index is 12.1. The lowest BCUT2D eigenvalue weighted by molar-refractivity contribution is -0.122. The summed E-state index contributed by atoms with van der Waals surface area (Å²) in [5.74, 6) is 3.16. The van der Waals surface area contributed by atoms with Crippen LogP contribution in [0.25, 0.3) is 0 Å². The Bertz CT molecular complexity index is 656. The molecule has 1 aromatic carbocycles. The molecular weight excluding hydrogens is 324 g/mol. The van der Waals surface area contributed by atoms with Gasteiger partial charge in [-0.2, -0.15) is 16.7 Å². The van der Waals surface area contributed by atoms with E-state index in [4.69, 9.17) is 4.52 Å². The van der Waals surface area contributed by atoms with Crippen molar-refractivity contribution in [1.29, 1.82) is 0 Å². The van der Waals surface area contributed by atoms with E-state index in [9.17, 15) is 4.79 Å². The molecule has 1 aromatic heterocycles. The maximum Gasteiger partial charge on any atom is 0.248 e. The Morgan fingerprint density at radius 1 is 1.46 bits per heavy atom. The van der Waals surface area contributed by atoms with E-state index in [0.717, 1.165) is 23.6 Å². The van der Waals surface area contributed by atoms with E-state index >= 15 is 0 Å². The third kappa shape index (κ3) is 4.82. The van der Waals surface area contributed by atoms with E-state index in [-0.39, 0.29) is 18.0 Å². The molecule has 3 rings (SSSR count). The first kappa shape index (κ1) is 17.0. The molecule has 0 bridgehead atoms. The average molecular weight is 346 g/mol. The Hall–Kier alpha value is -1.86. The van der Waals surface area contributed by atoms with Gasteiger partial charge in [0.15, 0.2) is 5.82 Å². The summed E-state index contributed by atoms with van der Waals surface area (Å²) in [6.45, 7) is 2.82. The molecule has 1 aliphatic heterocycles. The predicted octanol–water partition coefficient (Wildman–Crippen LogP) is 1.93. The highest BCUT2D eigenvalue weighted by molar-refractivity contribution is 7.99. The molecule has 128 valence electrons. The third-order valence-electron chi connectivity index (χ3n) is 3.87. The van der Waals surface area contributed by atoms with E-state index in [0.29, 0.717) is 24.6 Å². The largest absolute Gasteiger partial charge is 0.345 e. The Kier molecular flexibility index (Phi) is 5.87. The van der Waals surface area contributed by atoms with Crippen LogP contribution in [0.3, 0.4) is 0 Å². The van der Waals surface area contributed by atoms with Crippen molar-refractivity contribution in [2.75, 3.05) is 18.1 Å². The fourth-order valence-corrected chi connectivity index (χ4v) is 3.58. The van der Waals surface area contributed by atoms with E-state index in [1.807, 2.05) is 49.0 Å². The van der Waals surface area contributed by atoms with Crippen LogP contribution in [0.5, 0.6) is 0 Å². The molecule has 2 unspecified atom stereocenters. The number of nitrogens with one attached hydrogen (secondary N) is 2. The van der Waals surface area contributed by atoms with Gasteiger partial charge in [-0.1, -0.05) is 35.5 Å². The van der Waals surface area contributed by atoms with E-state index in [1.165, 1.54) is 0 Å². The standard InChI is InChI=1S/C17H22N4O2S/c1-12(19-16(22)10-14-11-24-8-7-18-14)17-20-15(21-23-17)9-13-5-3-2-4-6-13/h2-6,12,14,18H,7-11H2,1H3,(H,19,22). The van der Waals surface area contributed by atoms with Gasteiger partial charge in [0.05, 0.1) is 0 Å². The molecule has 0 saturated carbocycles. The molecule has 0 radical (unpaired) electrons. The zero-order valence-corrected chi connectivity index (χ0v) is 14.5. The zero-order chi connectivity index (χ0) is 16.8. The second kappa shape index (κ2) is 8.30. The highest BCUT2D eigenvalue weighted by atomic mass is 32.2. The van der Waals surface area contributed by atoms with Crippen molar-refractivity contribution in [1.82, 2.24) is 20.8 Å². The second-order valence-corrected chi connectivity index (χ2v) is 7.08. The van der Waals surface area contributed by atoms with Crippen LogP contribution in [0.4, 0.5) is 0 Å². The summed E-state index contributed by atoms with van der Waals surface area (Å²) in [5.41, 5.74) is 1.13. The molecule has 7 heteroatoms. The monoisotopic (exact) mass is 346 g/mol. The average Bonchev–Trinajstić information content (AvgIpc) is 3.05. The number of hydrogen-bond acceptors (Lipinski definition) is 6. The fourth-order valence-electron chi connectivity index (χ4n) is 2.63. The fraction of sp³-hybridized carbons (Fsp3) is 0.471. The van der Waals surface area contributed by atoms with E-state index in [2.05, 4.69) is 20.8 Å². The number of carbonyl (C=O) groups excluding carboxylic acids is 1. The van der Waals surface area contributed by atoms with Crippen molar-refractivity contribution in [3.63, 3.8) is 0 Å². The van der Waals surface area contributed by atoms with Crippen LogP contribution < -0.4 is 10.6 Å². The molecule has 2 aromatic rings. The summed E-state index contributed by atoms with van der Waals surface area (Å²) in [4.78, 5) is 16.5. The van der Waals surface area contributed by atoms with Gasteiger partial charge in [-0.15, -0.1) is 0 Å². The minimum atomic E-state index is -0.286. The van der Waals surface area contributed by atoms with Gasteiger partial charge in [0.2, 0.25) is 11.8 Å². The Balaban J connectivity index is 1.51. The topological polar surface area (TPSA) is 80.0 Å². The summed E-state index contributed by atoms with van der Waals surface area (Å²) in [6.07, 6.45) is 1.09. The summed E-state index contributed by atoms with van der Waals surface area (Å²) in [6, 6.07) is 9.95. The number of benzene rings is 1. The number of carbonyl (C=O) groups is 1. The van der Waals surface area contributed by atoms with Gasteiger partial charge in [0, 0.05) is 36.9 Å². The van der Waals surface area contributed by atoms with Crippen molar-refractivity contribution >= 4 is 17.7 Å². The Labute approximate surface area is 145 Å². The van der Waals surface area contributed by atoms with Crippen molar-refractivity contribution in [2.24, 2.45) is 0 Å². The van der Waals surface area contributed by atoms with Crippen LogP contribution in [-0.2, 0) is 11.2 Å². The van der Waals surface area contributed by atoms with Crippen LogP contribution in [0.1, 0.15) is 36.7 Å². The summed E-state index contributed by atoms with van der Waals surface area (Å²) >= 11 is 1.88. The van der Waals surface area contributed by atoms with Gasteiger partial charge in [-0.25, -0.2) is 0 Å². The first-order chi connectivity index (χ1) is 11.7. The predicted molar refractivity (Wildman–Crippen MR) is 93.8 cm³/mol. The lowest BCUT2D eigenvalue weighted by Crippen LogP contribution is -2.41. The number of thioether (sulfide) groups is 1. The molecule has 24 heavy (non-hydrogen) atoms. The van der Waals surface area contributed by atoms with Gasteiger partial charge < -0.3 is 15.2 Å². The molecule has 0 spiro atoms. The van der Waals surface area contributed by atoms with E-state index in [1.54, 1.807) is 0 Å². The number of nitrogens with zero attached hydrogens (tertiary/aromatic N) is 2. The molecule has 1 amide bonds. The number of aromatic nitrogens is 2. The van der Waals surface area contributed by atoms with Gasteiger partial charge in [-0.3, -0.25) is 4.79 Å². The molecular formula is C17H22N4O2S. The minimum absolute atomic E-state index is 0.00492. The second-order valence-electron chi connectivity index (χ2n) is 5.93. The lowest BCUT2D eigenvalue weighted by atomic mass is 10.1. The number of hydrogen-bond donors (Lipinski definition) is 2. The van der Waals surface area contributed by atoms with Crippen LogP contribution in [-0.4, -0.2) is 40.1 Å². The van der Waals surface area contributed by atoms with Gasteiger partial charge >= 0.3 is 0 Å². The van der Waals surface area contributed by atoms with Crippen molar-refractivity contribution in [3.05, 3.63) is 47.6 Å². The molecule has 1 fully saturated rings. The molecule has 2 heterocycles. The van der Waals surface area contributed by atoms with Gasteiger partial charge in [0.25, 0.3) is 0 Å². The minimum Gasteiger partial charge on any atom is -0.345 e. The molecule has 6 nitrogen and oxygen atoms in total. The Morgan fingerprint density at radius 2 is 2.29 bits per heavy atom. The first-order valence-corrected chi connectivity index (χ1v) is 9.33. The Morgan fingerprint density at radius 3 is 3.04 bits per heavy atom. The smallest absolute Gasteiger partial charge is 0.248 e.